The fraction of sp³-hybridized carbons (Fsp3) is 0.250. The van der Waals surface area contributed by atoms with Crippen LogP contribution in [0.2, 0.25) is 0 Å². The molecule has 3 nitrogen and oxygen atoms in total. The second-order valence-electron chi connectivity index (χ2n) is 7.56. The molecule has 0 aliphatic rings. The third kappa shape index (κ3) is 2.52. The monoisotopic (exact) mass is 355 g/mol. The van der Waals surface area contributed by atoms with Crippen LogP contribution in [0.15, 0.2) is 47.0 Å². The zero-order valence-electron chi connectivity index (χ0n) is 16.4. The van der Waals surface area contributed by atoms with Crippen molar-refractivity contribution >= 4 is 21.9 Å². The highest BCUT2D eigenvalue weighted by molar-refractivity contribution is 6.12. The smallest absolute Gasteiger partial charge is 0.216 e. The Balaban J connectivity index is 2.24. The summed E-state index contributed by atoms with van der Waals surface area (Å²) in [6, 6.07) is 14.9. The van der Waals surface area contributed by atoms with Crippen LogP contribution in [0.4, 0.5) is 0 Å². The van der Waals surface area contributed by atoms with E-state index in [2.05, 4.69) is 55.7 Å². The van der Waals surface area contributed by atoms with Crippen molar-refractivity contribution in [1.29, 1.82) is 5.26 Å². The van der Waals surface area contributed by atoms with Gasteiger partial charge >= 0.3 is 0 Å². The van der Waals surface area contributed by atoms with Gasteiger partial charge in [-0.3, -0.25) is 0 Å². The van der Waals surface area contributed by atoms with E-state index < -0.39 is 0 Å². The number of nitrogens with zero attached hydrogens (tertiary/aromatic N) is 2. The van der Waals surface area contributed by atoms with Gasteiger partial charge in [-0.1, -0.05) is 32.0 Å². The van der Waals surface area contributed by atoms with Crippen molar-refractivity contribution in [3.63, 3.8) is 0 Å². The van der Waals surface area contributed by atoms with Crippen LogP contribution in [-0.4, -0.2) is 0 Å². The topological polar surface area (TPSA) is 40.8 Å². The van der Waals surface area contributed by atoms with Crippen LogP contribution in [-0.2, 0) is 7.05 Å². The minimum Gasteiger partial charge on any atom is -0.454 e. The van der Waals surface area contributed by atoms with E-state index in [4.69, 9.17) is 4.42 Å². The molecule has 0 saturated carbocycles. The van der Waals surface area contributed by atoms with Gasteiger partial charge in [0, 0.05) is 22.9 Å². The van der Waals surface area contributed by atoms with Gasteiger partial charge in [-0.25, -0.2) is 4.57 Å². The lowest BCUT2D eigenvalue weighted by Crippen LogP contribution is -2.30. The number of fused-ring (bicyclic) bond motifs is 3. The molecule has 2 heterocycles. The predicted octanol–water partition coefficient (Wildman–Crippen LogP) is 5.69. The molecule has 0 atom stereocenters. The Labute approximate surface area is 159 Å². The summed E-state index contributed by atoms with van der Waals surface area (Å²) in [4.78, 5) is 0. The van der Waals surface area contributed by atoms with Gasteiger partial charge in [0.25, 0.3) is 0 Å². The first-order valence-electron chi connectivity index (χ1n) is 9.28. The van der Waals surface area contributed by atoms with E-state index in [-0.39, 0.29) is 0 Å². The lowest BCUT2D eigenvalue weighted by Gasteiger charge is -2.10. The number of aromatic nitrogens is 1. The van der Waals surface area contributed by atoms with Gasteiger partial charge in [-0.2, -0.15) is 5.26 Å². The Morgan fingerprint density at radius 1 is 1.04 bits per heavy atom. The van der Waals surface area contributed by atoms with Gasteiger partial charge in [0.15, 0.2) is 11.8 Å². The van der Waals surface area contributed by atoms with Gasteiger partial charge < -0.3 is 4.42 Å². The van der Waals surface area contributed by atoms with Crippen molar-refractivity contribution in [3.05, 3.63) is 64.8 Å². The van der Waals surface area contributed by atoms with E-state index >= 15 is 0 Å². The molecule has 0 spiro atoms. The normalized spacial score (nSPS) is 11.4. The molecule has 0 radical (unpaired) electrons. The van der Waals surface area contributed by atoms with Crippen molar-refractivity contribution in [2.45, 2.75) is 33.6 Å². The van der Waals surface area contributed by atoms with E-state index in [1.807, 2.05) is 32.3 Å². The molecular weight excluding hydrogens is 332 g/mol. The average molecular weight is 355 g/mol. The van der Waals surface area contributed by atoms with Gasteiger partial charge in [0.1, 0.15) is 18.7 Å². The summed E-state index contributed by atoms with van der Waals surface area (Å²) in [6.07, 6.45) is 2.04. The number of furan rings is 1. The number of rotatable bonds is 2. The van der Waals surface area contributed by atoms with E-state index in [1.165, 1.54) is 5.56 Å². The van der Waals surface area contributed by atoms with Crippen molar-refractivity contribution < 1.29 is 8.98 Å². The van der Waals surface area contributed by atoms with Crippen LogP contribution in [0.5, 0.6) is 0 Å². The first-order valence-corrected chi connectivity index (χ1v) is 9.28. The fourth-order valence-electron chi connectivity index (χ4n) is 3.97. The molecule has 2 aromatic carbocycles. The second-order valence-corrected chi connectivity index (χ2v) is 7.56. The van der Waals surface area contributed by atoms with Crippen LogP contribution in [0, 0.1) is 25.2 Å². The van der Waals surface area contributed by atoms with Crippen molar-refractivity contribution in [1.82, 2.24) is 0 Å². The maximum Gasteiger partial charge on any atom is 0.216 e. The lowest BCUT2D eigenvalue weighted by atomic mass is 9.91. The molecule has 0 aliphatic carbocycles. The summed E-state index contributed by atoms with van der Waals surface area (Å²) < 4.78 is 8.54. The van der Waals surface area contributed by atoms with E-state index in [9.17, 15) is 5.26 Å². The summed E-state index contributed by atoms with van der Waals surface area (Å²) in [5, 5.41) is 11.9. The molecule has 27 heavy (non-hydrogen) atoms. The first-order chi connectivity index (χ1) is 12.9. The van der Waals surface area contributed by atoms with E-state index in [0.717, 1.165) is 38.7 Å². The Bertz CT molecular complexity index is 1240. The number of hydrogen-bond donors (Lipinski definition) is 0. The fourth-order valence-corrected chi connectivity index (χ4v) is 3.97. The number of benzene rings is 2. The molecule has 0 fully saturated rings. The molecule has 3 heteroatoms. The highest BCUT2D eigenvalue weighted by Gasteiger charge is 2.24. The highest BCUT2D eigenvalue weighted by atomic mass is 16.3. The molecule has 0 N–H and O–H groups in total. The third-order valence-electron chi connectivity index (χ3n) is 5.39. The van der Waals surface area contributed by atoms with Crippen molar-refractivity contribution in [3.8, 4) is 17.3 Å². The maximum atomic E-state index is 9.74. The quantitative estimate of drug-likeness (QED) is 0.433. The van der Waals surface area contributed by atoms with Crippen LogP contribution in [0.1, 0.15) is 42.0 Å². The molecule has 0 unspecified atom stereocenters. The van der Waals surface area contributed by atoms with Crippen LogP contribution in [0.25, 0.3) is 33.2 Å². The third-order valence-corrected chi connectivity index (χ3v) is 5.39. The SMILES string of the molecule is Cc1ccc2c(oc3c(C#N)c(C)cc(C(C)C)c32)c1-c1cccc[n+]1C. The highest BCUT2D eigenvalue weighted by Crippen LogP contribution is 2.41. The molecule has 2 aromatic heterocycles. The number of nitriles is 1. The summed E-state index contributed by atoms with van der Waals surface area (Å²) in [5.41, 5.74) is 7.74. The minimum absolute atomic E-state index is 0.345. The van der Waals surface area contributed by atoms with Crippen LogP contribution in [0.3, 0.4) is 0 Å². The maximum absolute atomic E-state index is 9.74. The average Bonchev–Trinajstić information content (AvgIpc) is 3.01. The van der Waals surface area contributed by atoms with Gasteiger partial charge in [-0.05, 0) is 42.5 Å². The molecular formula is C24H23N2O+. The molecule has 0 amide bonds. The Morgan fingerprint density at radius 2 is 1.81 bits per heavy atom. The second kappa shape index (κ2) is 6.25. The van der Waals surface area contributed by atoms with E-state index in [0.29, 0.717) is 17.1 Å². The molecule has 0 aliphatic heterocycles. The van der Waals surface area contributed by atoms with Gasteiger partial charge in [0.2, 0.25) is 5.69 Å². The summed E-state index contributed by atoms with van der Waals surface area (Å²) in [6.45, 7) is 8.46. The lowest BCUT2D eigenvalue weighted by molar-refractivity contribution is -0.660. The van der Waals surface area contributed by atoms with Gasteiger partial charge in [-0.15, -0.1) is 0 Å². The number of hydrogen-bond acceptors (Lipinski definition) is 2. The molecule has 4 rings (SSSR count). The summed E-state index contributed by atoms with van der Waals surface area (Å²) in [7, 11) is 2.04. The standard InChI is InChI=1S/C24H23N2O/c1-14(2)18-12-16(4)19(13-25)24-22(18)17-10-9-15(3)21(23(17)27-24)20-8-6-7-11-26(20)5/h6-12,14H,1-5H3/q+1. The van der Waals surface area contributed by atoms with Crippen molar-refractivity contribution in [2.24, 2.45) is 7.05 Å². The summed E-state index contributed by atoms with van der Waals surface area (Å²) in [5.74, 6) is 0.345. The van der Waals surface area contributed by atoms with Crippen LogP contribution < -0.4 is 4.57 Å². The largest absolute Gasteiger partial charge is 0.454 e. The van der Waals surface area contributed by atoms with Crippen molar-refractivity contribution in [2.75, 3.05) is 0 Å². The van der Waals surface area contributed by atoms with Crippen LogP contribution >= 0.6 is 0 Å². The van der Waals surface area contributed by atoms with Gasteiger partial charge in [0.05, 0.1) is 11.1 Å². The Morgan fingerprint density at radius 3 is 2.48 bits per heavy atom. The predicted molar refractivity (Wildman–Crippen MR) is 109 cm³/mol. The zero-order chi connectivity index (χ0) is 19.3. The number of aryl methyl sites for hydroxylation is 3. The molecule has 0 bridgehead atoms. The summed E-state index contributed by atoms with van der Waals surface area (Å²) >= 11 is 0. The molecule has 134 valence electrons. The Hall–Kier alpha value is -3.12. The van der Waals surface area contributed by atoms with E-state index in [1.54, 1.807) is 0 Å². The first kappa shape index (κ1) is 17.3. The Kier molecular flexibility index (Phi) is 4.00. The number of pyridine rings is 1. The molecule has 4 aromatic rings. The molecule has 0 saturated heterocycles. The minimum atomic E-state index is 0.345. The zero-order valence-corrected chi connectivity index (χ0v) is 16.4.